The van der Waals surface area contributed by atoms with E-state index in [1.807, 2.05) is 33.9 Å². The fraction of sp³-hybridized carbons (Fsp3) is 0.419. The Morgan fingerprint density at radius 2 is 1.57 bits per heavy atom. The summed E-state index contributed by atoms with van der Waals surface area (Å²) in [5.41, 5.74) is 6.79. The number of carbonyl (C=O) groups is 1. The summed E-state index contributed by atoms with van der Waals surface area (Å²) in [5.74, 6) is 1.14. The van der Waals surface area contributed by atoms with Gasteiger partial charge in [0, 0.05) is 55.3 Å². The van der Waals surface area contributed by atoms with Gasteiger partial charge in [-0.3, -0.25) is 9.78 Å². The molecule has 0 aliphatic carbocycles. The standard InChI is InChI=1S/C30H29N2S.C13H24O2.Ir/c1-19(2)14-22-18-28(32-29-25(22)11-13-33-29)21-10-12-31-27(17-21)23-15-20-8-6-7-9-24(20)26(16-23)30(3,4)5;1-5-10(6-2)12(14)9-13(15)11(7-3)8-4;/h6-13,16-19H,14H2,1-5H3;9-11,14H,5-8H2,1-4H3;/q-1;;/b;12-9-;. The Bertz CT molecular complexity index is 1860. The Morgan fingerprint density at radius 3 is 2.20 bits per heavy atom. The SMILES string of the molecule is CC(C)Cc1cc(-c2ccnc(-c3[c-]c4ccccc4c(C(C)(C)C)c3)c2)nc2sccc12.CCC(CC)C(=O)/C=C(\O)C(CC)CC.[Ir]. The predicted octanol–water partition coefficient (Wildman–Crippen LogP) is 12.3. The smallest absolute Gasteiger partial charge is 0.162 e. The van der Waals surface area contributed by atoms with Crippen molar-refractivity contribution in [3.8, 4) is 22.5 Å². The van der Waals surface area contributed by atoms with Crippen LogP contribution in [0.1, 0.15) is 99.1 Å². The van der Waals surface area contributed by atoms with Gasteiger partial charge in [0.05, 0.1) is 11.5 Å². The third-order valence-electron chi connectivity index (χ3n) is 9.15. The van der Waals surface area contributed by atoms with Crippen LogP contribution in [0.15, 0.2) is 78.0 Å². The molecule has 0 bridgehead atoms. The van der Waals surface area contributed by atoms with Crippen LogP contribution in [0.25, 0.3) is 43.5 Å². The second kappa shape index (κ2) is 18.2. The zero-order valence-electron chi connectivity index (χ0n) is 30.7. The summed E-state index contributed by atoms with van der Waals surface area (Å²) in [6.45, 7) is 19.4. The number of rotatable bonds is 11. The van der Waals surface area contributed by atoms with Crippen LogP contribution in [0.5, 0.6) is 0 Å². The van der Waals surface area contributed by atoms with Gasteiger partial charge in [0.2, 0.25) is 0 Å². The minimum Gasteiger partial charge on any atom is -0.512 e. The summed E-state index contributed by atoms with van der Waals surface area (Å²) in [5, 5.41) is 15.6. The van der Waals surface area contributed by atoms with Crippen LogP contribution in [0, 0.1) is 23.8 Å². The molecule has 6 heteroatoms. The van der Waals surface area contributed by atoms with Gasteiger partial charge in [0.1, 0.15) is 4.83 Å². The number of benzene rings is 2. The van der Waals surface area contributed by atoms with Crippen molar-refractivity contribution in [1.82, 2.24) is 9.97 Å². The van der Waals surface area contributed by atoms with E-state index in [0.29, 0.717) is 5.92 Å². The molecule has 0 aliphatic heterocycles. The molecule has 0 fully saturated rings. The Balaban J connectivity index is 0.000000347. The van der Waals surface area contributed by atoms with E-state index in [1.54, 1.807) is 11.3 Å². The van der Waals surface area contributed by atoms with Gasteiger partial charge in [0.15, 0.2) is 5.78 Å². The number of aromatic nitrogens is 2. The first kappa shape index (κ1) is 40.3. The Hall–Kier alpha value is -3.18. The maximum Gasteiger partial charge on any atom is 0.162 e. The van der Waals surface area contributed by atoms with Gasteiger partial charge in [-0.1, -0.05) is 97.5 Å². The molecule has 4 nitrogen and oxygen atoms in total. The molecular weight excluding hydrogens is 801 g/mol. The zero-order chi connectivity index (χ0) is 35.0. The topological polar surface area (TPSA) is 63.1 Å². The van der Waals surface area contributed by atoms with Crippen molar-refractivity contribution in [2.45, 2.75) is 99.8 Å². The molecular formula is C43H53IrN2O2S-. The number of ketones is 1. The van der Waals surface area contributed by atoms with E-state index in [1.165, 1.54) is 28.0 Å². The van der Waals surface area contributed by atoms with Crippen molar-refractivity contribution in [3.05, 3.63) is 95.2 Å². The van der Waals surface area contributed by atoms with E-state index in [9.17, 15) is 9.90 Å². The third-order valence-corrected chi connectivity index (χ3v) is 9.96. The van der Waals surface area contributed by atoms with Gasteiger partial charge in [0.25, 0.3) is 0 Å². The fourth-order valence-corrected chi connectivity index (χ4v) is 7.09. The van der Waals surface area contributed by atoms with Gasteiger partial charge < -0.3 is 5.11 Å². The summed E-state index contributed by atoms with van der Waals surface area (Å²) in [7, 11) is 0. The first-order valence-corrected chi connectivity index (χ1v) is 18.5. The van der Waals surface area contributed by atoms with Gasteiger partial charge in [-0.2, -0.15) is 0 Å². The van der Waals surface area contributed by atoms with Crippen molar-refractivity contribution >= 4 is 38.1 Å². The van der Waals surface area contributed by atoms with Crippen molar-refractivity contribution in [2.75, 3.05) is 0 Å². The van der Waals surface area contributed by atoms with E-state index >= 15 is 0 Å². The van der Waals surface area contributed by atoms with Gasteiger partial charge in [-0.25, -0.2) is 4.98 Å². The van der Waals surface area contributed by atoms with Crippen LogP contribution < -0.4 is 0 Å². The monoisotopic (exact) mass is 854 g/mol. The van der Waals surface area contributed by atoms with Crippen LogP contribution in [0.3, 0.4) is 0 Å². The molecule has 3 heterocycles. The van der Waals surface area contributed by atoms with Crippen LogP contribution in [-0.2, 0) is 36.7 Å². The molecule has 5 aromatic rings. The number of pyridine rings is 2. The number of aliphatic hydroxyl groups excluding tert-OH is 1. The first-order valence-electron chi connectivity index (χ1n) is 17.6. The molecule has 5 rings (SSSR count). The number of aliphatic hydroxyl groups is 1. The minimum atomic E-state index is 0. The Morgan fingerprint density at radius 1 is 0.898 bits per heavy atom. The number of carbonyl (C=O) groups excluding carboxylic acids is 1. The number of hydrogen-bond donors (Lipinski definition) is 1. The first-order chi connectivity index (χ1) is 22.9. The van der Waals surface area contributed by atoms with E-state index < -0.39 is 0 Å². The van der Waals surface area contributed by atoms with E-state index in [2.05, 4.69) is 101 Å². The zero-order valence-corrected chi connectivity index (χ0v) is 33.9. The van der Waals surface area contributed by atoms with Crippen LogP contribution in [0.4, 0.5) is 0 Å². The Labute approximate surface area is 311 Å². The number of nitrogens with zero attached hydrogens (tertiary/aromatic N) is 2. The summed E-state index contributed by atoms with van der Waals surface area (Å²) in [4.78, 5) is 22.5. The number of hydrogen-bond acceptors (Lipinski definition) is 5. The average molecular weight is 854 g/mol. The van der Waals surface area contributed by atoms with Gasteiger partial charge >= 0.3 is 0 Å². The number of thiophene rings is 1. The third kappa shape index (κ3) is 10.2. The van der Waals surface area contributed by atoms with E-state index in [4.69, 9.17) is 9.97 Å². The molecule has 0 amide bonds. The summed E-state index contributed by atoms with van der Waals surface area (Å²) < 4.78 is 0. The molecule has 263 valence electrons. The number of allylic oxidation sites excluding steroid dienone is 2. The van der Waals surface area contributed by atoms with Crippen LogP contribution >= 0.6 is 11.3 Å². The van der Waals surface area contributed by atoms with Crippen molar-refractivity contribution < 1.29 is 30.0 Å². The molecule has 49 heavy (non-hydrogen) atoms. The van der Waals surface area contributed by atoms with Crippen molar-refractivity contribution in [3.63, 3.8) is 0 Å². The quantitative estimate of drug-likeness (QED) is 0.0817. The normalized spacial score (nSPS) is 12.0. The molecule has 3 aromatic heterocycles. The molecule has 1 radical (unpaired) electrons. The van der Waals surface area contributed by atoms with Gasteiger partial charge in [-0.15, -0.1) is 40.5 Å². The summed E-state index contributed by atoms with van der Waals surface area (Å²) >= 11 is 1.71. The molecule has 0 spiro atoms. The van der Waals surface area contributed by atoms with Crippen molar-refractivity contribution in [2.24, 2.45) is 17.8 Å². The number of fused-ring (bicyclic) bond motifs is 2. The Kier molecular flexibility index (Phi) is 14.9. The molecule has 0 unspecified atom stereocenters. The fourth-order valence-electron chi connectivity index (χ4n) is 6.28. The molecule has 0 saturated carbocycles. The van der Waals surface area contributed by atoms with Crippen molar-refractivity contribution in [1.29, 1.82) is 0 Å². The molecule has 1 N–H and O–H groups in total. The second-order valence-corrected chi connectivity index (χ2v) is 15.1. The predicted molar refractivity (Wildman–Crippen MR) is 206 cm³/mol. The maximum atomic E-state index is 11.7. The molecule has 2 aromatic carbocycles. The maximum absolute atomic E-state index is 11.7. The second-order valence-electron chi connectivity index (χ2n) is 14.2. The molecule has 0 atom stereocenters. The van der Waals surface area contributed by atoms with E-state index in [-0.39, 0.29) is 48.9 Å². The van der Waals surface area contributed by atoms with Crippen LogP contribution in [0.2, 0.25) is 0 Å². The molecule has 0 aliphatic rings. The molecule has 0 saturated heterocycles. The minimum absolute atomic E-state index is 0. The average Bonchev–Trinajstić information content (AvgIpc) is 3.54. The summed E-state index contributed by atoms with van der Waals surface area (Å²) in [6, 6.07) is 23.1. The van der Waals surface area contributed by atoms with E-state index in [0.717, 1.165) is 64.8 Å². The van der Waals surface area contributed by atoms with Crippen LogP contribution in [-0.4, -0.2) is 20.9 Å². The largest absolute Gasteiger partial charge is 0.512 e. The summed E-state index contributed by atoms with van der Waals surface area (Å²) in [6.07, 6.45) is 7.85. The van der Waals surface area contributed by atoms with Gasteiger partial charge in [-0.05, 0) is 78.1 Å².